The molecule has 1 saturated carbocycles. The molecule has 0 N–H and O–H groups in total. The van der Waals surface area contributed by atoms with Gasteiger partial charge in [0.1, 0.15) is 4.32 Å². The zero-order valence-corrected chi connectivity index (χ0v) is 15.4. The van der Waals surface area contributed by atoms with Crippen LogP contribution >= 0.6 is 24.0 Å². The SMILES string of the molecule is O=C1/C(=C\c2cc3c(cc2[N+](=O)[O-])OCO3)SC(=S)N1C1CCCCC1. The van der Waals surface area contributed by atoms with Crippen molar-refractivity contribution in [2.45, 2.75) is 38.1 Å². The number of fused-ring (bicyclic) bond motifs is 1. The fraction of sp³-hybridized carbons (Fsp3) is 0.412. The highest BCUT2D eigenvalue weighted by Crippen LogP contribution is 2.42. The van der Waals surface area contributed by atoms with Crippen molar-refractivity contribution in [3.8, 4) is 11.5 Å². The third-order valence-electron chi connectivity index (χ3n) is 4.77. The number of rotatable bonds is 3. The fourth-order valence-electron chi connectivity index (χ4n) is 3.50. The van der Waals surface area contributed by atoms with Crippen LogP contribution < -0.4 is 9.47 Å². The maximum atomic E-state index is 12.9. The minimum atomic E-state index is -0.490. The number of amides is 1. The summed E-state index contributed by atoms with van der Waals surface area (Å²) in [5.74, 6) is 0.604. The van der Waals surface area contributed by atoms with Crippen LogP contribution in [0.1, 0.15) is 37.7 Å². The molecule has 0 unspecified atom stereocenters. The molecular formula is C17H16N2O5S2. The van der Waals surface area contributed by atoms with E-state index in [0.29, 0.717) is 26.3 Å². The first-order valence-corrected chi connectivity index (χ1v) is 9.62. The number of ether oxygens (including phenoxy) is 2. The highest BCUT2D eigenvalue weighted by atomic mass is 32.2. The standard InChI is InChI=1S/C17H16N2O5S2/c20-16-15(26-17(25)18(16)11-4-2-1-3-5-11)7-10-6-13-14(24-9-23-13)8-12(10)19(21)22/h6-8,11H,1-5,9H2/b15-7+. The normalized spacial score (nSPS) is 21.7. The van der Waals surface area contributed by atoms with Gasteiger partial charge in [-0.3, -0.25) is 19.8 Å². The number of benzene rings is 1. The number of nitro groups is 1. The van der Waals surface area contributed by atoms with Gasteiger partial charge in [0, 0.05) is 6.04 Å². The van der Waals surface area contributed by atoms with Crippen LogP contribution in [0.25, 0.3) is 6.08 Å². The molecule has 0 aromatic heterocycles. The fourth-order valence-corrected chi connectivity index (χ4v) is 4.89. The Morgan fingerprint density at radius 1 is 1.23 bits per heavy atom. The smallest absolute Gasteiger partial charge is 0.280 e. The van der Waals surface area contributed by atoms with Crippen molar-refractivity contribution in [2.24, 2.45) is 0 Å². The van der Waals surface area contributed by atoms with Crippen molar-refractivity contribution in [3.05, 3.63) is 32.7 Å². The zero-order chi connectivity index (χ0) is 18.3. The Labute approximate surface area is 159 Å². The second-order valence-corrected chi connectivity index (χ2v) is 8.04. The van der Waals surface area contributed by atoms with Crippen molar-refractivity contribution >= 4 is 46.0 Å². The van der Waals surface area contributed by atoms with E-state index in [9.17, 15) is 14.9 Å². The molecule has 2 heterocycles. The van der Waals surface area contributed by atoms with Gasteiger partial charge in [0.15, 0.2) is 11.5 Å². The largest absolute Gasteiger partial charge is 0.454 e. The number of nitro benzene ring substituents is 1. The molecule has 0 bridgehead atoms. The molecule has 2 aliphatic heterocycles. The molecule has 1 aromatic carbocycles. The van der Waals surface area contributed by atoms with Crippen LogP contribution in [0, 0.1) is 10.1 Å². The average molecular weight is 392 g/mol. The first-order valence-electron chi connectivity index (χ1n) is 8.39. The maximum absolute atomic E-state index is 12.9. The van der Waals surface area contributed by atoms with Crippen molar-refractivity contribution < 1.29 is 19.2 Å². The summed E-state index contributed by atoms with van der Waals surface area (Å²) in [5, 5.41) is 11.4. The first kappa shape index (κ1) is 17.3. The van der Waals surface area contributed by atoms with Crippen LogP contribution in [0.2, 0.25) is 0 Å². The lowest BCUT2D eigenvalue weighted by molar-refractivity contribution is -0.385. The first-order chi connectivity index (χ1) is 12.5. The van der Waals surface area contributed by atoms with Crippen LogP contribution in [-0.4, -0.2) is 32.9 Å². The van der Waals surface area contributed by atoms with E-state index in [1.807, 2.05) is 0 Å². The van der Waals surface area contributed by atoms with Gasteiger partial charge in [0.25, 0.3) is 11.6 Å². The van der Waals surface area contributed by atoms with Gasteiger partial charge < -0.3 is 9.47 Å². The van der Waals surface area contributed by atoms with Crippen molar-refractivity contribution in [2.75, 3.05) is 6.79 Å². The van der Waals surface area contributed by atoms with Crippen molar-refractivity contribution in [1.29, 1.82) is 0 Å². The van der Waals surface area contributed by atoms with E-state index < -0.39 is 4.92 Å². The number of carbonyl (C=O) groups excluding carboxylic acids is 1. The zero-order valence-electron chi connectivity index (χ0n) is 13.8. The average Bonchev–Trinajstić information content (AvgIpc) is 3.19. The van der Waals surface area contributed by atoms with Crippen molar-refractivity contribution in [3.63, 3.8) is 0 Å². The predicted molar refractivity (Wildman–Crippen MR) is 101 cm³/mol. The highest BCUT2D eigenvalue weighted by molar-refractivity contribution is 8.26. The molecule has 0 spiro atoms. The third kappa shape index (κ3) is 3.05. The van der Waals surface area contributed by atoms with Gasteiger partial charge in [0.2, 0.25) is 6.79 Å². The molecule has 26 heavy (non-hydrogen) atoms. The molecule has 3 aliphatic rings. The van der Waals surface area contributed by atoms with Crippen molar-refractivity contribution in [1.82, 2.24) is 4.90 Å². The van der Waals surface area contributed by atoms with E-state index in [1.54, 1.807) is 4.90 Å². The summed E-state index contributed by atoms with van der Waals surface area (Å²) in [4.78, 5) is 25.9. The van der Waals surface area contributed by atoms with Crippen LogP contribution in [0.5, 0.6) is 11.5 Å². The molecule has 4 rings (SSSR count). The van der Waals surface area contributed by atoms with Crippen LogP contribution in [0.15, 0.2) is 17.0 Å². The van der Waals surface area contributed by atoms with E-state index in [4.69, 9.17) is 21.7 Å². The minimum absolute atomic E-state index is 0.0275. The Bertz CT molecular complexity index is 833. The highest BCUT2D eigenvalue weighted by Gasteiger charge is 2.38. The number of hydrogen-bond acceptors (Lipinski definition) is 7. The lowest BCUT2D eigenvalue weighted by Crippen LogP contribution is -2.39. The number of thiocarbonyl (C=S) groups is 1. The Balaban J connectivity index is 1.67. The molecule has 136 valence electrons. The maximum Gasteiger partial charge on any atom is 0.280 e. The van der Waals surface area contributed by atoms with E-state index in [0.717, 1.165) is 25.7 Å². The summed E-state index contributed by atoms with van der Waals surface area (Å²) in [5.41, 5.74) is 0.181. The number of thioether (sulfide) groups is 1. The number of hydrogen-bond donors (Lipinski definition) is 0. The Morgan fingerprint density at radius 3 is 2.62 bits per heavy atom. The number of carbonyl (C=O) groups is 1. The summed E-state index contributed by atoms with van der Waals surface area (Å²) in [6, 6.07) is 3.00. The monoisotopic (exact) mass is 392 g/mol. The topological polar surface area (TPSA) is 81.9 Å². The van der Waals surface area contributed by atoms with E-state index in [2.05, 4.69) is 0 Å². The van der Waals surface area contributed by atoms with Gasteiger partial charge in [-0.25, -0.2) is 0 Å². The summed E-state index contributed by atoms with van der Waals surface area (Å²) < 4.78 is 11.0. The molecule has 2 fully saturated rings. The summed E-state index contributed by atoms with van der Waals surface area (Å²) in [6.07, 6.45) is 6.79. The summed E-state index contributed by atoms with van der Waals surface area (Å²) >= 11 is 6.60. The summed E-state index contributed by atoms with van der Waals surface area (Å²) in [6.45, 7) is 0.0275. The van der Waals surface area contributed by atoms with E-state index >= 15 is 0 Å². The third-order valence-corrected chi connectivity index (χ3v) is 6.10. The second kappa shape index (κ2) is 6.88. The minimum Gasteiger partial charge on any atom is -0.454 e. The van der Waals surface area contributed by atoms with E-state index in [-0.39, 0.29) is 24.4 Å². The Morgan fingerprint density at radius 2 is 1.92 bits per heavy atom. The van der Waals surface area contributed by atoms with Crippen LogP contribution in [-0.2, 0) is 4.79 Å². The molecule has 1 saturated heterocycles. The molecule has 0 atom stereocenters. The Kier molecular flexibility index (Phi) is 4.58. The molecular weight excluding hydrogens is 376 g/mol. The van der Waals surface area contributed by atoms with Gasteiger partial charge in [-0.1, -0.05) is 43.2 Å². The van der Waals surface area contributed by atoms with Crippen LogP contribution in [0.3, 0.4) is 0 Å². The molecule has 1 aromatic rings. The van der Waals surface area contributed by atoms with E-state index in [1.165, 1.54) is 36.4 Å². The lowest BCUT2D eigenvalue weighted by atomic mass is 9.94. The lowest BCUT2D eigenvalue weighted by Gasteiger charge is -2.29. The second-order valence-electron chi connectivity index (χ2n) is 6.36. The van der Waals surface area contributed by atoms with Gasteiger partial charge in [0.05, 0.1) is 21.5 Å². The molecule has 9 heteroatoms. The molecule has 7 nitrogen and oxygen atoms in total. The quantitative estimate of drug-likeness (QED) is 0.334. The Hall–Kier alpha value is -2.13. The molecule has 0 radical (unpaired) electrons. The number of nitrogens with zero attached hydrogens (tertiary/aromatic N) is 2. The molecule has 1 amide bonds. The van der Waals surface area contributed by atoms with Crippen LogP contribution in [0.4, 0.5) is 5.69 Å². The van der Waals surface area contributed by atoms with Gasteiger partial charge in [-0.05, 0) is 25.0 Å². The van der Waals surface area contributed by atoms with Gasteiger partial charge >= 0.3 is 0 Å². The molecule has 1 aliphatic carbocycles. The predicted octanol–water partition coefficient (Wildman–Crippen LogP) is 3.86. The van der Waals surface area contributed by atoms with Gasteiger partial charge in [-0.15, -0.1) is 0 Å². The summed E-state index contributed by atoms with van der Waals surface area (Å²) in [7, 11) is 0. The van der Waals surface area contributed by atoms with Gasteiger partial charge in [-0.2, -0.15) is 0 Å².